The van der Waals surface area contributed by atoms with Gasteiger partial charge in [0.15, 0.2) is 0 Å². The van der Waals surface area contributed by atoms with E-state index < -0.39 is 0 Å². The van der Waals surface area contributed by atoms with Crippen LogP contribution in [-0.2, 0) is 0 Å². The minimum atomic E-state index is -0.261. The van der Waals surface area contributed by atoms with E-state index in [2.05, 4.69) is 10.3 Å². The van der Waals surface area contributed by atoms with Crippen molar-refractivity contribution in [3.8, 4) is 0 Å². The van der Waals surface area contributed by atoms with Crippen molar-refractivity contribution >= 4 is 11.6 Å². The molecule has 0 radical (unpaired) electrons. The molecule has 0 fully saturated rings. The molecular formula is C11H19N3O. The summed E-state index contributed by atoms with van der Waals surface area (Å²) in [6.07, 6.45) is 1.52. The van der Waals surface area contributed by atoms with Crippen LogP contribution in [0.1, 0.15) is 38.7 Å². The zero-order valence-electron chi connectivity index (χ0n) is 8.66. The molecule has 0 aliphatic heterocycles. The minimum absolute atomic E-state index is 0. The summed E-state index contributed by atoms with van der Waals surface area (Å²) in [4.78, 5) is 15.5. The van der Waals surface area contributed by atoms with Crippen molar-refractivity contribution < 1.29 is 4.79 Å². The second-order valence-electron chi connectivity index (χ2n) is 4.18. The van der Waals surface area contributed by atoms with Gasteiger partial charge < -0.3 is 11.1 Å². The quantitative estimate of drug-likeness (QED) is 0.741. The van der Waals surface area contributed by atoms with Crippen molar-refractivity contribution in [1.29, 1.82) is 0 Å². The molecule has 1 rings (SSSR count). The third kappa shape index (κ3) is 4.44. The lowest BCUT2D eigenvalue weighted by Gasteiger charge is -2.20. The summed E-state index contributed by atoms with van der Waals surface area (Å²) >= 11 is 0. The summed E-state index contributed by atoms with van der Waals surface area (Å²) in [5.41, 5.74) is 6.17. The highest BCUT2D eigenvalue weighted by atomic mass is 16.2. The highest BCUT2D eigenvalue weighted by molar-refractivity contribution is 5.93. The molecule has 0 saturated carbocycles. The van der Waals surface area contributed by atoms with E-state index >= 15 is 0 Å². The van der Waals surface area contributed by atoms with Crippen molar-refractivity contribution in [2.45, 2.75) is 33.7 Å². The number of nitrogen functional groups attached to an aromatic ring is 1. The number of nitrogens with two attached hydrogens (primary N) is 1. The van der Waals surface area contributed by atoms with Gasteiger partial charge in [0.05, 0.1) is 0 Å². The normalized spacial score (nSPS) is 10.3. The van der Waals surface area contributed by atoms with E-state index in [1.807, 2.05) is 20.8 Å². The molecule has 3 N–H and O–H groups in total. The van der Waals surface area contributed by atoms with Gasteiger partial charge in [-0.15, -0.1) is 0 Å². The molecule has 1 aromatic rings. The first-order valence-corrected chi connectivity index (χ1v) is 4.42. The van der Waals surface area contributed by atoms with Gasteiger partial charge in [0, 0.05) is 17.4 Å². The number of hydrogen-bond donors (Lipinski definition) is 2. The molecule has 84 valence electrons. The Labute approximate surface area is 90.9 Å². The average molecular weight is 209 g/mol. The maximum absolute atomic E-state index is 11.6. The Kier molecular flexibility index (Phi) is 4.27. The summed E-state index contributed by atoms with van der Waals surface area (Å²) in [5, 5.41) is 2.81. The van der Waals surface area contributed by atoms with Gasteiger partial charge in [0.2, 0.25) is 0 Å². The van der Waals surface area contributed by atoms with E-state index in [1.165, 1.54) is 6.20 Å². The van der Waals surface area contributed by atoms with Crippen molar-refractivity contribution in [2.24, 2.45) is 0 Å². The van der Waals surface area contributed by atoms with E-state index in [4.69, 9.17) is 5.73 Å². The van der Waals surface area contributed by atoms with Gasteiger partial charge in [-0.1, -0.05) is 7.43 Å². The SMILES string of the molecule is C.CC(C)(C)NC(=O)c1cc(N)ccn1. The first-order chi connectivity index (χ1) is 6.38. The van der Waals surface area contributed by atoms with Crippen molar-refractivity contribution in [3.05, 3.63) is 24.0 Å². The Morgan fingerprint density at radius 1 is 1.47 bits per heavy atom. The van der Waals surface area contributed by atoms with E-state index in [0.29, 0.717) is 11.4 Å². The van der Waals surface area contributed by atoms with Gasteiger partial charge in [-0.3, -0.25) is 9.78 Å². The van der Waals surface area contributed by atoms with Gasteiger partial charge in [-0.05, 0) is 32.9 Å². The molecule has 0 spiro atoms. The average Bonchev–Trinajstić information content (AvgIpc) is 2.01. The zero-order chi connectivity index (χ0) is 10.8. The van der Waals surface area contributed by atoms with Crippen LogP contribution in [0, 0.1) is 0 Å². The molecule has 15 heavy (non-hydrogen) atoms. The number of nitrogens with one attached hydrogen (secondary N) is 1. The molecule has 0 atom stereocenters. The number of carbonyl (C=O) groups excluding carboxylic acids is 1. The molecule has 0 aliphatic rings. The number of amides is 1. The lowest BCUT2D eigenvalue weighted by Crippen LogP contribution is -2.40. The fraction of sp³-hybridized carbons (Fsp3) is 0.455. The van der Waals surface area contributed by atoms with E-state index in [-0.39, 0.29) is 18.9 Å². The molecule has 0 bridgehead atoms. The summed E-state index contributed by atoms with van der Waals surface area (Å²) < 4.78 is 0. The number of anilines is 1. The monoisotopic (exact) mass is 209 g/mol. The van der Waals surface area contributed by atoms with Crippen molar-refractivity contribution in [3.63, 3.8) is 0 Å². The van der Waals surface area contributed by atoms with Gasteiger partial charge in [0.25, 0.3) is 5.91 Å². The van der Waals surface area contributed by atoms with Gasteiger partial charge in [-0.2, -0.15) is 0 Å². The van der Waals surface area contributed by atoms with Crippen LogP contribution in [-0.4, -0.2) is 16.4 Å². The maximum Gasteiger partial charge on any atom is 0.270 e. The van der Waals surface area contributed by atoms with Crippen LogP contribution in [0.5, 0.6) is 0 Å². The molecule has 1 heterocycles. The van der Waals surface area contributed by atoms with Crippen LogP contribution in [0.2, 0.25) is 0 Å². The fourth-order valence-electron chi connectivity index (χ4n) is 0.976. The minimum Gasteiger partial charge on any atom is -0.399 e. The molecule has 0 saturated heterocycles. The number of pyridine rings is 1. The largest absolute Gasteiger partial charge is 0.399 e. The first-order valence-electron chi connectivity index (χ1n) is 4.42. The van der Waals surface area contributed by atoms with Crippen molar-refractivity contribution in [2.75, 3.05) is 5.73 Å². The van der Waals surface area contributed by atoms with E-state index in [1.54, 1.807) is 12.1 Å². The van der Waals surface area contributed by atoms with Gasteiger partial charge >= 0.3 is 0 Å². The molecular weight excluding hydrogens is 190 g/mol. The number of nitrogens with zero attached hydrogens (tertiary/aromatic N) is 1. The highest BCUT2D eigenvalue weighted by Crippen LogP contribution is 2.05. The smallest absolute Gasteiger partial charge is 0.270 e. The predicted octanol–water partition coefficient (Wildman–Crippen LogP) is 1.83. The van der Waals surface area contributed by atoms with Crippen LogP contribution in [0.4, 0.5) is 5.69 Å². The second kappa shape index (κ2) is 4.77. The molecule has 1 amide bonds. The summed E-state index contributed by atoms with van der Waals surface area (Å²) in [6.45, 7) is 5.74. The van der Waals surface area contributed by atoms with E-state index in [9.17, 15) is 4.79 Å². The Morgan fingerprint density at radius 3 is 2.53 bits per heavy atom. The topological polar surface area (TPSA) is 68.0 Å². The number of hydrogen-bond acceptors (Lipinski definition) is 3. The van der Waals surface area contributed by atoms with Gasteiger partial charge in [0.1, 0.15) is 5.69 Å². The molecule has 0 aliphatic carbocycles. The number of rotatable bonds is 1. The van der Waals surface area contributed by atoms with Crippen LogP contribution >= 0.6 is 0 Å². The third-order valence-corrected chi connectivity index (χ3v) is 1.51. The fourth-order valence-corrected chi connectivity index (χ4v) is 0.976. The van der Waals surface area contributed by atoms with Crippen LogP contribution in [0.15, 0.2) is 18.3 Å². The maximum atomic E-state index is 11.6. The Morgan fingerprint density at radius 2 is 2.07 bits per heavy atom. The van der Waals surface area contributed by atoms with Crippen LogP contribution in [0.3, 0.4) is 0 Å². The number of carbonyl (C=O) groups is 1. The van der Waals surface area contributed by atoms with Crippen LogP contribution < -0.4 is 11.1 Å². The molecule has 0 aromatic carbocycles. The predicted molar refractivity (Wildman–Crippen MR) is 62.6 cm³/mol. The van der Waals surface area contributed by atoms with Crippen molar-refractivity contribution in [1.82, 2.24) is 10.3 Å². The highest BCUT2D eigenvalue weighted by Gasteiger charge is 2.15. The summed E-state index contributed by atoms with van der Waals surface area (Å²) in [6, 6.07) is 3.20. The van der Waals surface area contributed by atoms with Gasteiger partial charge in [-0.25, -0.2) is 0 Å². The lowest BCUT2D eigenvalue weighted by atomic mass is 10.1. The molecule has 4 nitrogen and oxygen atoms in total. The standard InChI is InChI=1S/C10H15N3O.CH4/c1-10(2,3)13-9(14)8-6-7(11)4-5-12-8;/h4-6H,1-3H3,(H2,11,12)(H,13,14);1H4. The third-order valence-electron chi connectivity index (χ3n) is 1.51. The summed E-state index contributed by atoms with van der Waals surface area (Å²) in [5.74, 6) is -0.204. The Balaban J connectivity index is 0.00000196. The molecule has 4 heteroatoms. The second-order valence-corrected chi connectivity index (χ2v) is 4.18. The Bertz CT molecular complexity index is 342. The lowest BCUT2D eigenvalue weighted by molar-refractivity contribution is 0.0914. The van der Waals surface area contributed by atoms with E-state index in [0.717, 1.165) is 0 Å². The zero-order valence-corrected chi connectivity index (χ0v) is 8.66. The van der Waals surface area contributed by atoms with Crippen LogP contribution in [0.25, 0.3) is 0 Å². The Hall–Kier alpha value is -1.58. The number of aromatic nitrogens is 1. The first kappa shape index (κ1) is 13.4. The molecule has 1 aromatic heterocycles. The molecule has 0 unspecified atom stereocenters. The summed E-state index contributed by atoms with van der Waals surface area (Å²) in [7, 11) is 0.